The molecule has 12 heteroatoms. The lowest BCUT2D eigenvalue weighted by Crippen LogP contribution is -2.51. The fourth-order valence-corrected chi connectivity index (χ4v) is 4.34. The van der Waals surface area contributed by atoms with Crippen molar-refractivity contribution in [3.63, 3.8) is 0 Å². The summed E-state index contributed by atoms with van der Waals surface area (Å²) in [6, 6.07) is 8.09. The lowest BCUT2D eigenvalue weighted by Gasteiger charge is -2.18. The van der Waals surface area contributed by atoms with Crippen molar-refractivity contribution < 1.29 is 33.6 Å². The van der Waals surface area contributed by atoms with E-state index >= 15 is 0 Å². The number of likely N-dealkylation sites (tertiary alicyclic amines) is 1. The minimum atomic E-state index is -0.945. The quantitative estimate of drug-likeness (QED) is 0.151. The largest absolute Gasteiger partial charge is 0.347 e. The van der Waals surface area contributed by atoms with Gasteiger partial charge in [0.2, 0.25) is 35.4 Å². The first kappa shape index (κ1) is 40.9. The van der Waals surface area contributed by atoms with Gasteiger partial charge in [-0.3, -0.25) is 38.5 Å². The summed E-state index contributed by atoms with van der Waals surface area (Å²) < 4.78 is 0. The van der Waals surface area contributed by atoms with Gasteiger partial charge in [-0.05, 0) is 31.2 Å². The van der Waals surface area contributed by atoms with Crippen molar-refractivity contribution >= 4 is 41.2 Å². The summed E-state index contributed by atoms with van der Waals surface area (Å²) in [5.74, 6) is -2.64. The van der Waals surface area contributed by atoms with Gasteiger partial charge in [0.15, 0.2) is 0 Å². The molecule has 1 aliphatic heterocycles. The zero-order valence-corrected chi connectivity index (χ0v) is 28.0. The van der Waals surface area contributed by atoms with Crippen molar-refractivity contribution in [2.24, 2.45) is 11.8 Å². The van der Waals surface area contributed by atoms with E-state index in [1.165, 1.54) is 11.8 Å². The SMILES string of the molecule is CC.CC.CC(=O)CNC(=O)C(Cc1ccccc1)NC(=O)CNC(=O)CNC(=O)CCCCCN1C(=O)CC(C(C)C)C1=O. The van der Waals surface area contributed by atoms with Gasteiger partial charge in [-0.25, -0.2) is 0 Å². The molecule has 2 rings (SSSR count). The number of rotatable bonds is 17. The third kappa shape index (κ3) is 16.5. The van der Waals surface area contributed by atoms with E-state index in [2.05, 4.69) is 21.3 Å². The second kappa shape index (κ2) is 23.3. The van der Waals surface area contributed by atoms with Gasteiger partial charge in [0.25, 0.3) is 0 Å². The van der Waals surface area contributed by atoms with Crippen LogP contribution < -0.4 is 21.3 Å². The number of carbonyl (C=O) groups is 7. The summed E-state index contributed by atoms with van der Waals surface area (Å²) >= 11 is 0. The van der Waals surface area contributed by atoms with Crippen molar-refractivity contribution in [2.75, 3.05) is 26.2 Å². The molecule has 1 aromatic rings. The summed E-state index contributed by atoms with van der Waals surface area (Å²) in [5, 5.41) is 9.95. The maximum absolute atomic E-state index is 12.5. The van der Waals surface area contributed by atoms with Crippen LogP contribution in [0.1, 0.15) is 86.1 Å². The number of nitrogens with zero attached hydrogens (tertiary/aromatic N) is 1. The second-order valence-corrected chi connectivity index (χ2v) is 10.5. The fraction of sp³-hybridized carbons (Fsp3) is 0.606. The van der Waals surface area contributed by atoms with Crippen LogP contribution in [0.5, 0.6) is 0 Å². The molecule has 1 aromatic carbocycles. The molecule has 1 saturated heterocycles. The molecule has 0 saturated carbocycles. The van der Waals surface area contributed by atoms with Crippen molar-refractivity contribution in [2.45, 2.75) is 93.0 Å². The molecule has 12 nitrogen and oxygen atoms in total. The number of hydrogen-bond donors (Lipinski definition) is 4. The van der Waals surface area contributed by atoms with Crippen molar-refractivity contribution in [3.05, 3.63) is 35.9 Å². The van der Waals surface area contributed by atoms with Gasteiger partial charge < -0.3 is 21.3 Å². The Kier molecular flexibility index (Phi) is 21.2. The second-order valence-electron chi connectivity index (χ2n) is 10.5. The van der Waals surface area contributed by atoms with Crippen LogP contribution in [0.25, 0.3) is 0 Å². The third-order valence-electron chi connectivity index (χ3n) is 6.71. The Labute approximate surface area is 267 Å². The average Bonchev–Trinajstić information content (AvgIpc) is 3.32. The first-order valence-corrected chi connectivity index (χ1v) is 16.0. The Hall–Kier alpha value is -4.09. The van der Waals surface area contributed by atoms with Crippen LogP contribution in [0.3, 0.4) is 0 Å². The first-order chi connectivity index (χ1) is 21.5. The van der Waals surface area contributed by atoms with Gasteiger partial charge in [0, 0.05) is 31.7 Å². The Morgan fingerprint density at radius 1 is 0.800 bits per heavy atom. The van der Waals surface area contributed by atoms with Crippen LogP contribution in [-0.4, -0.2) is 78.3 Å². The molecule has 1 aliphatic rings. The molecule has 252 valence electrons. The van der Waals surface area contributed by atoms with Crippen LogP contribution in [-0.2, 0) is 40.0 Å². The molecule has 1 fully saturated rings. The molecule has 45 heavy (non-hydrogen) atoms. The standard InChI is InChI=1S/C29H41N5O7.2C2H6/c1-19(2)22-15-27(39)34(29(22)41)13-9-5-8-12-24(36)30-17-25(37)31-18-26(38)33-23(28(40)32-16-20(3)35)14-21-10-6-4-7-11-21;2*1-2/h4,6-7,10-11,19,22-23H,5,8-9,12-18H2,1-3H3,(H,30,36)(H,31,37)(H,32,40)(H,33,38);2*1-2H3. The van der Waals surface area contributed by atoms with Crippen LogP contribution in [0.4, 0.5) is 0 Å². The molecule has 0 aliphatic carbocycles. The lowest BCUT2D eigenvalue weighted by molar-refractivity contribution is -0.140. The van der Waals surface area contributed by atoms with E-state index in [1.807, 2.05) is 47.6 Å². The van der Waals surface area contributed by atoms with Crippen molar-refractivity contribution in [3.8, 4) is 0 Å². The number of ketones is 1. The van der Waals surface area contributed by atoms with E-state index < -0.39 is 30.3 Å². The Morgan fingerprint density at radius 3 is 1.98 bits per heavy atom. The van der Waals surface area contributed by atoms with E-state index in [0.29, 0.717) is 25.8 Å². The van der Waals surface area contributed by atoms with E-state index in [0.717, 1.165) is 5.56 Å². The molecule has 0 radical (unpaired) electrons. The van der Waals surface area contributed by atoms with Crippen LogP contribution in [0.2, 0.25) is 0 Å². The number of Topliss-reactive ketones (excluding diaryl/α,β-unsaturated/α-hetero) is 1. The van der Waals surface area contributed by atoms with Gasteiger partial charge in [-0.1, -0.05) is 78.3 Å². The molecule has 1 heterocycles. The fourth-order valence-electron chi connectivity index (χ4n) is 4.34. The number of carbonyl (C=O) groups excluding carboxylic acids is 7. The molecule has 0 bridgehead atoms. The minimum absolute atomic E-state index is 0.119. The Morgan fingerprint density at radius 2 is 1.40 bits per heavy atom. The third-order valence-corrected chi connectivity index (χ3v) is 6.71. The summed E-state index contributed by atoms with van der Waals surface area (Å²) in [6.07, 6.45) is 2.42. The van der Waals surface area contributed by atoms with Crippen molar-refractivity contribution in [1.29, 1.82) is 0 Å². The highest BCUT2D eigenvalue weighted by molar-refractivity contribution is 6.03. The Bertz CT molecular complexity index is 1110. The molecule has 4 N–H and O–H groups in total. The highest BCUT2D eigenvalue weighted by atomic mass is 16.2. The molecule has 2 unspecified atom stereocenters. The van der Waals surface area contributed by atoms with Gasteiger partial charge in [0.1, 0.15) is 11.8 Å². The molecular weight excluding hydrogens is 578 g/mol. The van der Waals surface area contributed by atoms with E-state index in [4.69, 9.17) is 0 Å². The minimum Gasteiger partial charge on any atom is -0.347 e. The van der Waals surface area contributed by atoms with Gasteiger partial charge >= 0.3 is 0 Å². The summed E-state index contributed by atoms with van der Waals surface area (Å²) in [5.41, 5.74) is 0.806. The molecule has 2 atom stereocenters. The molecule has 0 spiro atoms. The normalized spacial score (nSPS) is 14.3. The average molecular weight is 632 g/mol. The lowest BCUT2D eigenvalue weighted by atomic mass is 9.94. The molecule has 6 amide bonds. The predicted octanol–water partition coefficient (Wildman–Crippen LogP) is 2.30. The maximum Gasteiger partial charge on any atom is 0.243 e. The first-order valence-electron chi connectivity index (χ1n) is 16.0. The van der Waals surface area contributed by atoms with E-state index in [-0.39, 0.29) is 67.7 Å². The molecule has 0 aromatic heterocycles. The van der Waals surface area contributed by atoms with Gasteiger partial charge in [-0.2, -0.15) is 0 Å². The number of benzene rings is 1. The predicted molar refractivity (Wildman–Crippen MR) is 173 cm³/mol. The van der Waals surface area contributed by atoms with Crippen LogP contribution in [0, 0.1) is 11.8 Å². The number of imide groups is 1. The number of hydrogen-bond acceptors (Lipinski definition) is 7. The smallest absolute Gasteiger partial charge is 0.243 e. The van der Waals surface area contributed by atoms with E-state index in [9.17, 15) is 33.6 Å². The van der Waals surface area contributed by atoms with Crippen molar-refractivity contribution in [1.82, 2.24) is 26.2 Å². The summed E-state index contributed by atoms with van der Waals surface area (Å²) in [7, 11) is 0. The van der Waals surface area contributed by atoms with Gasteiger partial charge in [0.05, 0.1) is 19.6 Å². The van der Waals surface area contributed by atoms with Crippen LogP contribution in [0.15, 0.2) is 30.3 Å². The van der Waals surface area contributed by atoms with E-state index in [1.54, 1.807) is 24.3 Å². The molecular formula is C33H53N5O7. The summed E-state index contributed by atoms with van der Waals surface area (Å²) in [4.78, 5) is 86.0. The van der Waals surface area contributed by atoms with Gasteiger partial charge in [-0.15, -0.1) is 0 Å². The number of unbranched alkanes of at least 4 members (excludes halogenated alkanes) is 2. The Balaban J connectivity index is 0.00000464. The zero-order valence-electron chi connectivity index (χ0n) is 28.0. The highest BCUT2D eigenvalue weighted by Crippen LogP contribution is 2.26. The number of amides is 6. The summed E-state index contributed by atoms with van der Waals surface area (Å²) in [6.45, 7) is 12.7. The highest BCUT2D eigenvalue weighted by Gasteiger charge is 2.39. The monoisotopic (exact) mass is 631 g/mol. The number of nitrogens with one attached hydrogen (secondary N) is 4. The zero-order chi connectivity index (χ0) is 34.4. The maximum atomic E-state index is 12.5. The topological polar surface area (TPSA) is 171 Å². The van der Waals surface area contributed by atoms with Crippen LogP contribution >= 0.6 is 0 Å².